The number of hydrogen-bond donors (Lipinski definition) is 1. The molecule has 0 spiro atoms. The van der Waals surface area contributed by atoms with Crippen LogP contribution in [0.4, 0.5) is 0 Å². The van der Waals surface area contributed by atoms with Crippen molar-refractivity contribution >= 4 is 11.8 Å². The van der Waals surface area contributed by atoms with Crippen molar-refractivity contribution in [1.82, 2.24) is 10.2 Å². The summed E-state index contributed by atoms with van der Waals surface area (Å²) in [6.07, 6.45) is 4.22. The van der Waals surface area contributed by atoms with Gasteiger partial charge in [0.1, 0.15) is 0 Å². The van der Waals surface area contributed by atoms with E-state index < -0.39 is 0 Å². The summed E-state index contributed by atoms with van der Waals surface area (Å²) in [5.74, 6) is 0.313. The molecule has 1 rings (SSSR count). The fourth-order valence-corrected chi connectivity index (χ4v) is 1.74. The number of hydrogen-bond acceptors (Lipinski definition) is 2. The Kier molecular flexibility index (Phi) is 5.15. The van der Waals surface area contributed by atoms with Crippen LogP contribution in [0.25, 0.3) is 0 Å². The molecule has 4 heteroatoms. The van der Waals surface area contributed by atoms with Crippen molar-refractivity contribution in [1.29, 1.82) is 0 Å². The predicted octanol–water partition coefficient (Wildman–Crippen LogP) is 0.915. The summed E-state index contributed by atoms with van der Waals surface area (Å²) in [5, 5.41) is 2.82. The first-order valence-corrected chi connectivity index (χ1v) is 5.78. The first kappa shape index (κ1) is 12.0. The number of rotatable bonds is 5. The Labute approximate surface area is 91.0 Å². The maximum Gasteiger partial charge on any atom is 0.222 e. The summed E-state index contributed by atoms with van der Waals surface area (Å²) in [4.78, 5) is 24.4. The third-order valence-corrected chi connectivity index (χ3v) is 2.60. The van der Waals surface area contributed by atoms with Gasteiger partial charge in [-0.2, -0.15) is 0 Å². The van der Waals surface area contributed by atoms with E-state index in [9.17, 15) is 9.59 Å². The summed E-state index contributed by atoms with van der Waals surface area (Å²) in [7, 11) is 0. The second-order valence-electron chi connectivity index (χ2n) is 3.94. The van der Waals surface area contributed by atoms with Crippen LogP contribution in [0, 0.1) is 0 Å². The lowest BCUT2D eigenvalue weighted by Crippen LogP contribution is -2.40. The monoisotopic (exact) mass is 212 g/mol. The first-order chi connectivity index (χ1) is 7.24. The van der Waals surface area contributed by atoms with Gasteiger partial charge in [0.05, 0.1) is 0 Å². The second kappa shape index (κ2) is 6.43. The highest BCUT2D eigenvalue weighted by Crippen LogP contribution is 2.09. The average Bonchev–Trinajstić information content (AvgIpc) is 2.21. The minimum absolute atomic E-state index is 0.0851. The molecule has 1 N–H and O–H groups in total. The van der Waals surface area contributed by atoms with E-state index in [-0.39, 0.29) is 11.8 Å². The van der Waals surface area contributed by atoms with Gasteiger partial charge in [-0.3, -0.25) is 9.59 Å². The van der Waals surface area contributed by atoms with Crippen LogP contribution in [0.5, 0.6) is 0 Å². The van der Waals surface area contributed by atoms with E-state index in [4.69, 9.17) is 0 Å². The van der Waals surface area contributed by atoms with E-state index in [0.717, 1.165) is 25.8 Å². The number of nitrogens with one attached hydrogen (secondary N) is 1. The van der Waals surface area contributed by atoms with E-state index >= 15 is 0 Å². The van der Waals surface area contributed by atoms with E-state index in [1.165, 1.54) is 0 Å². The van der Waals surface area contributed by atoms with E-state index in [2.05, 4.69) is 5.32 Å². The van der Waals surface area contributed by atoms with Crippen LogP contribution in [0.2, 0.25) is 0 Å². The topological polar surface area (TPSA) is 49.4 Å². The molecule has 4 nitrogen and oxygen atoms in total. The first-order valence-electron chi connectivity index (χ1n) is 5.78. The number of likely N-dealkylation sites (tertiary alicyclic amines) is 1. The van der Waals surface area contributed by atoms with Gasteiger partial charge in [-0.1, -0.05) is 6.92 Å². The smallest absolute Gasteiger partial charge is 0.222 e. The van der Waals surface area contributed by atoms with Gasteiger partial charge in [-0.25, -0.2) is 0 Å². The Morgan fingerprint density at radius 2 is 2.27 bits per heavy atom. The molecule has 0 bridgehead atoms. The van der Waals surface area contributed by atoms with Crippen molar-refractivity contribution < 1.29 is 9.59 Å². The van der Waals surface area contributed by atoms with Crippen LogP contribution >= 0.6 is 0 Å². The molecule has 1 aliphatic heterocycles. The van der Waals surface area contributed by atoms with Gasteiger partial charge in [0, 0.05) is 32.5 Å². The van der Waals surface area contributed by atoms with E-state index in [0.29, 0.717) is 25.9 Å². The maximum atomic E-state index is 11.4. The molecule has 0 atom stereocenters. The lowest BCUT2D eigenvalue weighted by molar-refractivity contribution is -0.133. The summed E-state index contributed by atoms with van der Waals surface area (Å²) in [6, 6.07) is 0. The van der Waals surface area contributed by atoms with E-state index in [1.54, 1.807) is 0 Å². The van der Waals surface area contributed by atoms with Gasteiger partial charge in [0.25, 0.3) is 0 Å². The number of carbonyl (C=O) groups excluding carboxylic acids is 2. The molecule has 0 aromatic rings. The minimum Gasteiger partial charge on any atom is -0.354 e. The van der Waals surface area contributed by atoms with Crippen molar-refractivity contribution in [2.45, 2.75) is 39.0 Å². The van der Waals surface area contributed by atoms with Gasteiger partial charge in [0.2, 0.25) is 11.8 Å². The average molecular weight is 212 g/mol. The molecule has 0 aromatic heterocycles. The van der Waals surface area contributed by atoms with Crippen LogP contribution in [0.1, 0.15) is 39.0 Å². The molecule has 1 fully saturated rings. The van der Waals surface area contributed by atoms with Crippen molar-refractivity contribution in [2.24, 2.45) is 0 Å². The summed E-state index contributed by atoms with van der Waals surface area (Å²) < 4.78 is 0. The van der Waals surface area contributed by atoms with Gasteiger partial charge >= 0.3 is 0 Å². The molecule has 1 aliphatic rings. The van der Waals surface area contributed by atoms with Gasteiger partial charge in [-0.05, 0) is 19.3 Å². The lowest BCUT2D eigenvalue weighted by atomic mass is 10.1. The molecule has 2 amide bonds. The molecule has 0 aliphatic carbocycles. The molecule has 0 aromatic carbocycles. The second-order valence-corrected chi connectivity index (χ2v) is 3.94. The van der Waals surface area contributed by atoms with Crippen LogP contribution < -0.4 is 5.32 Å². The van der Waals surface area contributed by atoms with Gasteiger partial charge < -0.3 is 10.2 Å². The predicted molar refractivity (Wildman–Crippen MR) is 58.3 cm³/mol. The maximum absolute atomic E-state index is 11.4. The molecule has 1 heterocycles. The van der Waals surface area contributed by atoms with Crippen molar-refractivity contribution in [3.05, 3.63) is 0 Å². The normalized spacial score (nSPS) is 16.6. The summed E-state index contributed by atoms with van der Waals surface area (Å²) in [5.41, 5.74) is 0. The highest BCUT2D eigenvalue weighted by molar-refractivity contribution is 5.77. The summed E-state index contributed by atoms with van der Waals surface area (Å²) in [6.45, 7) is 4.08. The standard InChI is InChI=1S/C11H20N2O2/c1-2-5-10(14)12-7-9-13-8-4-3-6-11(13)15/h2-9H2,1H3,(H,12,14). The lowest BCUT2D eigenvalue weighted by Gasteiger charge is -2.26. The third kappa shape index (κ3) is 4.32. The quantitative estimate of drug-likeness (QED) is 0.736. The molecule has 15 heavy (non-hydrogen) atoms. The van der Waals surface area contributed by atoms with Crippen molar-refractivity contribution in [3.63, 3.8) is 0 Å². The minimum atomic E-state index is 0.0851. The SMILES string of the molecule is CCCC(=O)NCCN1CCCCC1=O. The van der Waals surface area contributed by atoms with Crippen LogP contribution in [-0.4, -0.2) is 36.3 Å². The largest absolute Gasteiger partial charge is 0.354 e. The number of carbonyl (C=O) groups is 2. The zero-order valence-electron chi connectivity index (χ0n) is 9.42. The molecular formula is C11H20N2O2. The van der Waals surface area contributed by atoms with Crippen LogP contribution in [0.3, 0.4) is 0 Å². The van der Waals surface area contributed by atoms with Gasteiger partial charge in [0.15, 0.2) is 0 Å². The zero-order chi connectivity index (χ0) is 11.1. The number of piperidine rings is 1. The zero-order valence-corrected chi connectivity index (χ0v) is 9.42. The van der Waals surface area contributed by atoms with Crippen molar-refractivity contribution in [3.8, 4) is 0 Å². The molecule has 0 unspecified atom stereocenters. The Morgan fingerprint density at radius 1 is 1.47 bits per heavy atom. The number of nitrogens with zero attached hydrogens (tertiary/aromatic N) is 1. The fourth-order valence-electron chi connectivity index (χ4n) is 1.74. The molecule has 0 saturated carbocycles. The highest BCUT2D eigenvalue weighted by Gasteiger charge is 2.17. The Bertz CT molecular complexity index is 229. The molecule has 86 valence electrons. The fraction of sp³-hybridized carbons (Fsp3) is 0.818. The van der Waals surface area contributed by atoms with E-state index in [1.807, 2.05) is 11.8 Å². The summed E-state index contributed by atoms with van der Waals surface area (Å²) >= 11 is 0. The molecule has 1 saturated heterocycles. The number of amides is 2. The third-order valence-electron chi connectivity index (χ3n) is 2.60. The van der Waals surface area contributed by atoms with Crippen molar-refractivity contribution in [2.75, 3.05) is 19.6 Å². The molecule has 0 radical (unpaired) electrons. The van der Waals surface area contributed by atoms with Gasteiger partial charge in [-0.15, -0.1) is 0 Å². The molecular weight excluding hydrogens is 192 g/mol. The Morgan fingerprint density at radius 3 is 2.93 bits per heavy atom. The Balaban J connectivity index is 2.13. The van der Waals surface area contributed by atoms with Crippen LogP contribution in [0.15, 0.2) is 0 Å². The highest BCUT2D eigenvalue weighted by atomic mass is 16.2. The Hall–Kier alpha value is -1.06. The van der Waals surface area contributed by atoms with Crippen LogP contribution in [-0.2, 0) is 9.59 Å².